The van der Waals surface area contributed by atoms with E-state index in [1.807, 2.05) is 12.1 Å². The first-order valence-electron chi connectivity index (χ1n) is 6.68. The highest BCUT2D eigenvalue weighted by Crippen LogP contribution is 2.44. The van der Waals surface area contributed by atoms with Crippen LogP contribution in [-0.4, -0.2) is 5.78 Å². The van der Waals surface area contributed by atoms with Gasteiger partial charge < -0.3 is 4.42 Å². The summed E-state index contributed by atoms with van der Waals surface area (Å²) in [6, 6.07) is 3.75. The molecule has 0 N–H and O–H groups in total. The summed E-state index contributed by atoms with van der Waals surface area (Å²) < 4.78 is 5.29. The molecule has 0 amide bonds. The van der Waals surface area contributed by atoms with E-state index in [4.69, 9.17) is 4.42 Å². The van der Waals surface area contributed by atoms with Crippen molar-refractivity contribution in [1.82, 2.24) is 0 Å². The van der Waals surface area contributed by atoms with Crippen molar-refractivity contribution in [3.63, 3.8) is 0 Å². The fraction of sp³-hybridized carbons (Fsp3) is 0.667. The summed E-state index contributed by atoms with van der Waals surface area (Å²) in [6.45, 7) is 4.42. The number of hydrogen-bond acceptors (Lipinski definition) is 2. The topological polar surface area (TPSA) is 30.2 Å². The molecule has 0 aromatic carbocycles. The molecule has 1 aliphatic carbocycles. The lowest BCUT2D eigenvalue weighted by Gasteiger charge is -2.29. The third kappa shape index (κ3) is 2.80. The smallest absolute Gasteiger partial charge is 0.146 e. The van der Waals surface area contributed by atoms with Gasteiger partial charge in [0, 0.05) is 5.41 Å². The van der Waals surface area contributed by atoms with Gasteiger partial charge in [-0.3, -0.25) is 4.79 Å². The van der Waals surface area contributed by atoms with Crippen LogP contribution in [0.2, 0.25) is 0 Å². The Morgan fingerprint density at radius 2 is 2.12 bits per heavy atom. The number of carbonyl (C=O) groups is 1. The van der Waals surface area contributed by atoms with E-state index in [2.05, 4.69) is 13.8 Å². The molecule has 0 bridgehead atoms. The van der Waals surface area contributed by atoms with Gasteiger partial charge in [-0.2, -0.15) is 0 Å². The molecule has 2 rings (SSSR count). The first-order chi connectivity index (χ1) is 8.12. The molecule has 94 valence electrons. The third-order valence-electron chi connectivity index (χ3n) is 3.87. The predicted octanol–water partition coefficient (Wildman–Crippen LogP) is 4.00. The minimum atomic E-state index is -0.0546. The van der Waals surface area contributed by atoms with Crippen LogP contribution in [0.5, 0.6) is 0 Å². The van der Waals surface area contributed by atoms with Crippen molar-refractivity contribution < 1.29 is 9.21 Å². The molecule has 0 atom stereocenters. The van der Waals surface area contributed by atoms with Gasteiger partial charge >= 0.3 is 0 Å². The molecule has 2 nitrogen and oxygen atoms in total. The monoisotopic (exact) mass is 234 g/mol. The number of hydrogen-bond donors (Lipinski definition) is 0. The lowest BCUT2D eigenvalue weighted by Crippen LogP contribution is -2.31. The van der Waals surface area contributed by atoms with E-state index in [1.165, 1.54) is 12.8 Å². The average molecular weight is 234 g/mol. The van der Waals surface area contributed by atoms with E-state index in [-0.39, 0.29) is 5.41 Å². The molecule has 1 aliphatic rings. The van der Waals surface area contributed by atoms with E-state index in [0.29, 0.717) is 18.1 Å². The molecular weight excluding hydrogens is 212 g/mol. The van der Waals surface area contributed by atoms with Crippen LogP contribution in [0.15, 0.2) is 22.8 Å². The van der Waals surface area contributed by atoms with Crippen LogP contribution in [0.4, 0.5) is 0 Å². The highest BCUT2D eigenvalue weighted by atomic mass is 16.3. The van der Waals surface area contributed by atoms with Gasteiger partial charge in [-0.25, -0.2) is 0 Å². The van der Waals surface area contributed by atoms with Gasteiger partial charge in [-0.1, -0.05) is 26.7 Å². The van der Waals surface area contributed by atoms with E-state index >= 15 is 0 Å². The van der Waals surface area contributed by atoms with Crippen molar-refractivity contribution in [3.8, 4) is 0 Å². The van der Waals surface area contributed by atoms with E-state index < -0.39 is 0 Å². The first-order valence-corrected chi connectivity index (χ1v) is 6.68. The number of rotatable bonds is 5. The maximum Gasteiger partial charge on any atom is 0.146 e. The Morgan fingerprint density at radius 3 is 2.65 bits per heavy atom. The Kier molecular flexibility index (Phi) is 3.70. The van der Waals surface area contributed by atoms with Crippen LogP contribution in [0.3, 0.4) is 0 Å². The Labute approximate surface area is 103 Å². The zero-order valence-corrected chi connectivity index (χ0v) is 10.9. The average Bonchev–Trinajstić information content (AvgIpc) is 2.88. The van der Waals surface area contributed by atoms with E-state index in [0.717, 1.165) is 25.0 Å². The molecule has 2 heteroatoms. The molecule has 0 unspecified atom stereocenters. The maximum atomic E-state index is 12.5. The van der Waals surface area contributed by atoms with Crippen LogP contribution >= 0.6 is 0 Å². The lowest BCUT2D eigenvalue weighted by molar-refractivity contribution is -0.129. The summed E-state index contributed by atoms with van der Waals surface area (Å²) in [5, 5.41) is 0. The minimum Gasteiger partial charge on any atom is -0.469 e. The van der Waals surface area contributed by atoms with Crippen LogP contribution < -0.4 is 0 Å². The van der Waals surface area contributed by atoms with Crippen molar-refractivity contribution in [2.75, 3.05) is 0 Å². The van der Waals surface area contributed by atoms with Crippen molar-refractivity contribution >= 4 is 5.78 Å². The molecule has 0 radical (unpaired) electrons. The molecule has 0 spiro atoms. The van der Waals surface area contributed by atoms with Crippen molar-refractivity contribution in [2.24, 2.45) is 11.3 Å². The fourth-order valence-corrected chi connectivity index (χ4v) is 3.19. The highest BCUT2D eigenvalue weighted by Gasteiger charge is 2.40. The number of carbonyl (C=O) groups excluding carboxylic acids is 1. The minimum absolute atomic E-state index is 0.0546. The summed E-state index contributed by atoms with van der Waals surface area (Å²) in [7, 11) is 0. The normalized spacial score (nSPS) is 18.8. The molecular formula is C15H22O2. The van der Waals surface area contributed by atoms with E-state index in [9.17, 15) is 4.79 Å². The zero-order valence-electron chi connectivity index (χ0n) is 10.9. The second kappa shape index (κ2) is 5.07. The SMILES string of the molecule is CC(C)CC1(C(=O)Cc2ccco2)CCCC1. The molecule has 17 heavy (non-hydrogen) atoms. The van der Waals surface area contributed by atoms with Gasteiger partial charge in [0.05, 0.1) is 12.7 Å². The number of Topliss-reactive ketones (excluding diaryl/α,β-unsaturated/α-hetero) is 1. The van der Waals surface area contributed by atoms with Gasteiger partial charge in [-0.15, -0.1) is 0 Å². The van der Waals surface area contributed by atoms with Crippen LogP contribution in [-0.2, 0) is 11.2 Å². The fourth-order valence-electron chi connectivity index (χ4n) is 3.19. The molecule has 1 fully saturated rings. The largest absolute Gasteiger partial charge is 0.469 e. The molecule has 0 aliphatic heterocycles. The molecule has 0 saturated heterocycles. The van der Waals surface area contributed by atoms with Gasteiger partial charge in [0.15, 0.2) is 0 Å². The lowest BCUT2D eigenvalue weighted by atomic mass is 9.74. The van der Waals surface area contributed by atoms with Gasteiger partial charge in [0.1, 0.15) is 11.5 Å². The van der Waals surface area contributed by atoms with Crippen LogP contribution in [0.1, 0.15) is 51.7 Å². The third-order valence-corrected chi connectivity index (χ3v) is 3.87. The molecule has 1 aromatic heterocycles. The highest BCUT2D eigenvalue weighted by molar-refractivity contribution is 5.86. The van der Waals surface area contributed by atoms with Crippen LogP contribution in [0, 0.1) is 11.3 Å². The standard InChI is InChI=1S/C15H22O2/c1-12(2)11-15(7-3-4-8-15)14(16)10-13-6-5-9-17-13/h5-6,9,12H,3-4,7-8,10-11H2,1-2H3. The Bertz CT molecular complexity index is 356. The van der Waals surface area contributed by atoms with Crippen molar-refractivity contribution in [3.05, 3.63) is 24.2 Å². The second-order valence-electron chi connectivity index (χ2n) is 5.76. The van der Waals surface area contributed by atoms with Crippen molar-refractivity contribution in [2.45, 2.75) is 52.4 Å². The summed E-state index contributed by atoms with van der Waals surface area (Å²) >= 11 is 0. The molecule has 1 heterocycles. The maximum absolute atomic E-state index is 12.5. The molecule has 1 aromatic rings. The predicted molar refractivity (Wildman–Crippen MR) is 67.8 cm³/mol. The van der Waals surface area contributed by atoms with E-state index in [1.54, 1.807) is 6.26 Å². The quantitative estimate of drug-likeness (QED) is 0.771. The Morgan fingerprint density at radius 1 is 1.41 bits per heavy atom. The van der Waals surface area contributed by atoms with Gasteiger partial charge in [0.25, 0.3) is 0 Å². The summed E-state index contributed by atoms with van der Waals surface area (Å²) in [5.41, 5.74) is -0.0546. The van der Waals surface area contributed by atoms with Gasteiger partial charge in [0.2, 0.25) is 0 Å². The number of furan rings is 1. The van der Waals surface area contributed by atoms with Gasteiger partial charge in [-0.05, 0) is 37.3 Å². The first kappa shape index (κ1) is 12.4. The molecule has 1 saturated carbocycles. The second-order valence-corrected chi connectivity index (χ2v) is 5.76. The van der Waals surface area contributed by atoms with Crippen molar-refractivity contribution in [1.29, 1.82) is 0 Å². The Hall–Kier alpha value is -1.05. The summed E-state index contributed by atoms with van der Waals surface area (Å²) in [6.07, 6.45) is 7.71. The number of ketones is 1. The zero-order chi connectivity index (χ0) is 12.3. The Balaban J connectivity index is 2.08. The summed E-state index contributed by atoms with van der Waals surface area (Å²) in [4.78, 5) is 12.5. The summed E-state index contributed by atoms with van der Waals surface area (Å²) in [5.74, 6) is 1.79. The van der Waals surface area contributed by atoms with Crippen LogP contribution in [0.25, 0.3) is 0 Å².